The minimum absolute atomic E-state index is 0.147. The smallest absolute Gasteiger partial charge is 0.337 e. The molecule has 4 rings (SSSR count). The Morgan fingerprint density at radius 1 is 1.09 bits per heavy atom. The van der Waals surface area contributed by atoms with E-state index in [0.717, 1.165) is 50.4 Å². The summed E-state index contributed by atoms with van der Waals surface area (Å²) in [5, 5.41) is 13.0. The van der Waals surface area contributed by atoms with Gasteiger partial charge in [0.25, 0.3) is 0 Å². The largest absolute Gasteiger partial charge is 0.416 e. The molecule has 0 unspecified atom stereocenters. The summed E-state index contributed by atoms with van der Waals surface area (Å²) in [6, 6.07) is 14.5. The van der Waals surface area contributed by atoms with Crippen molar-refractivity contribution in [2.75, 3.05) is 26.2 Å². The Morgan fingerprint density at radius 3 is 2.56 bits per heavy atom. The predicted molar refractivity (Wildman–Crippen MR) is 111 cm³/mol. The van der Waals surface area contributed by atoms with Crippen LogP contribution in [-0.4, -0.2) is 46.1 Å². The lowest BCUT2D eigenvalue weighted by molar-refractivity contribution is -0.137. The average molecular weight is 441 g/mol. The molecule has 32 heavy (non-hydrogen) atoms. The summed E-state index contributed by atoms with van der Waals surface area (Å²) < 4.78 is 44.3. The number of nitriles is 1. The summed E-state index contributed by atoms with van der Waals surface area (Å²) in [7, 11) is 0. The van der Waals surface area contributed by atoms with Crippen LogP contribution < -0.4 is 0 Å². The molecule has 0 saturated carbocycles. The lowest BCUT2D eigenvalue weighted by Crippen LogP contribution is -2.46. The normalized spacial score (nSPS) is 16.6. The van der Waals surface area contributed by atoms with Gasteiger partial charge in [-0.05, 0) is 36.8 Å². The van der Waals surface area contributed by atoms with Gasteiger partial charge >= 0.3 is 6.18 Å². The second-order valence-electron chi connectivity index (χ2n) is 7.84. The quantitative estimate of drug-likeness (QED) is 0.581. The van der Waals surface area contributed by atoms with Crippen LogP contribution in [0.3, 0.4) is 0 Å². The number of halogens is 3. The highest BCUT2D eigenvalue weighted by Gasteiger charge is 2.31. The second-order valence-corrected chi connectivity index (χ2v) is 7.84. The summed E-state index contributed by atoms with van der Waals surface area (Å²) in [4.78, 5) is 8.89. The van der Waals surface area contributed by atoms with Crippen molar-refractivity contribution in [2.24, 2.45) is 0 Å². The Morgan fingerprint density at radius 2 is 1.84 bits per heavy atom. The molecule has 1 saturated heterocycles. The first kappa shape index (κ1) is 22.0. The van der Waals surface area contributed by atoms with Gasteiger partial charge in [0.2, 0.25) is 11.7 Å². The van der Waals surface area contributed by atoms with Gasteiger partial charge in [0.05, 0.1) is 23.2 Å². The van der Waals surface area contributed by atoms with Crippen LogP contribution in [0.4, 0.5) is 13.2 Å². The molecule has 6 nitrogen and oxygen atoms in total. The fraction of sp³-hybridized carbons (Fsp3) is 0.348. The zero-order chi connectivity index (χ0) is 22.7. The van der Waals surface area contributed by atoms with Gasteiger partial charge in [0.1, 0.15) is 0 Å². The molecule has 1 aliphatic heterocycles. The molecule has 1 atom stereocenters. The molecule has 0 amide bonds. The SMILES string of the molecule is C[C@H](c1nc(-c2cccc(C(F)(F)F)c2)no1)N1CCN(Cc2cccc(C#N)c2)CC1. The third-order valence-electron chi connectivity index (χ3n) is 5.66. The van der Waals surface area contributed by atoms with Crippen LogP contribution in [0.5, 0.6) is 0 Å². The topological polar surface area (TPSA) is 69.2 Å². The molecular weight excluding hydrogens is 419 g/mol. The Labute approximate surface area is 183 Å². The second kappa shape index (κ2) is 9.10. The Kier molecular flexibility index (Phi) is 6.26. The number of nitrogens with zero attached hydrogens (tertiary/aromatic N) is 5. The third-order valence-corrected chi connectivity index (χ3v) is 5.66. The van der Waals surface area contributed by atoms with Crippen LogP contribution in [0.2, 0.25) is 0 Å². The highest BCUT2D eigenvalue weighted by Crippen LogP contribution is 2.32. The van der Waals surface area contributed by atoms with Gasteiger partial charge in [-0.15, -0.1) is 0 Å². The molecule has 9 heteroatoms. The van der Waals surface area contributed by atoms with Crippen molar-refractivity contribution < 1.29 is 17.7 Å². The number of alkyl halides is 3. The van der Waals surface area contributed by atoms with Crippen molar-refractivity contribution >= 4 is 0 Å². The van der Waals surface area contributed by atoms with E-state index in [9.17, 15) is 13.2 Å². The zero-order valence-corrected chi connectivity index (χ0v) is 17.5. The van der Waals surface area contributed by atoms with E-state index in [0.29, 0.717) is 11.5 Å². The van der Waals surface area contributed by atoms with Gasteiger partial charge in [-0.25, -0.2) is 0 Å². The Bertz CT molecular complexity index is 1110. The van der Waals surface area contributed by atoms with Crippen LogP contribution in [0.25, 0.3) is 11.4 Å². The van der Waals surface area contributed by atoms with E-state index in [1.807, 2.05) is 25.1 Å². The average Bonchev–Trinajstić information content (AvgIpc) is 3.29. The van der Waals surface area contributed by atoms with E-state index in [4.69, 9.17) is 9.78 Å². The minimum Gasteiger partial charge on any atom is -0.337 e. The number of benzene rings is 2. The van der Waals surface area contributed by atoms with Crippen LogP contribution in [0, 0.1) is 11.3 Å². The van der Waals surface area contributed by atoms with Crippen molar-refractivity contribution in [2.45, 2.75) is 25.7 Å². The standard InChI is InChI=1S/C23H22F3N5O/c1-16(22-28-21(29-32-22)19-6-3-7-20(13-19)23(24,25)26)31-10-8-30(9-11-31)15-18-5-2-4-17(12-18)14-27/h2-7,12-13,16H,8-11,15H2,1H3/t16-/m1/s1. The summed E-state index contributed by atoms with van der Waals surface area (Å²) in [6.45, 7) is 6.00. The molecule has 3 aromatic rings. The maximum atomic E-state index is 13.0. The number of hydrogen-bond donors (Lipinski definition) is 0. The fourth-order valence-corrected chi connectivity index (χ4v) is 3.82. The molecule has 0 radical (unpaired) electrons. The monoisotopic (exact) mass is 441 g/mol. The Balaban J connectivity index is 1.37. The van der Waals surface area contributed by atoms with Gasteiger partial charge in [-0.2, -0.15) is 23.4 Å². The molecule has 2 heterocycles. The maximum Gasteiger partial charge on any atom is 0.416 e. The van der Waals surface area contributed by atoms with Crippen LogP contribution >= 0.6 is 0 Å². The van der Waals surface area contributed by atoms with Crippen LogP contribution in [0.1, 0.15) is 35.5 Å². The van der Waals surface area contributed by atoms with Crippen molar-refractivity contribution in [1.29, 1.82) is 5.26 Å². The summed E-state index contributed by atoms with van der Waals surface area (Å²) >= 11 is 0. The Hall–Kier alpha value is -3.22. The summed E-state index contributed by atoms with van der Waals surface area (Å²) in [5.74, 6) is 0.529. The first-order valence-corrected chi connectivity index (χ1v) is 10.3. The summed E-state index contributed by atoms with van der Waals surface area (Å²) in [6.07, 6.45) is -4.43. The van der Waals surface area contributed by atoms with E-state index in [2.05, 4.69) is 26.0 Å². The molecule has 0 bridgehead atoms. The summed E-state index contributed by atoms with van der Waals surface area (Å²) in [5.41, 5.74) is 1.29. The fourth-order valence-electron chi connectivity index (χ4n) is 3.82. The van der Waals surface area contributed by atoms with Crippen molar-refractivity contribution in [3.05, 3.63) is 71.1 Å². The molecular formula is C23H22F3N5O. The highest BCUT2D eigenvalue weighted by molar-refractivity contribution is 5.55. The highest BCUT2D eigenvalue weighted by atomic mass is 19.4. The lowest BCUT2D eigenvalue weighted by atomic mass is 10.1. The maximum absolute atomic E-state index is 13.0. The van der Waals surface area contributed by atoms with E-state index in [-0.39, 0.29) is 17.4 Å². The number of hydrogen-bond acceptors (Lipinski definition) is 6. The van der Waals surface area contributed by atoms with Gasteiger partial charge < -0.3 is 4.52 Å². The van der Waals surface area contributed by atoms with Crippen molar-refractivity contribution in [3.8, 4) is 17.5 Å². The molecule has 1 aromatic heterocycles. The van der Waals surface area contributed by atoms with Crippen molar-refractivity contribution in [1.82, 2.24) is 19.9 Å². The number of rotatable bonds is 5. The van der Waals surface area contributed by atoms with Crippen LogP contribution in [0.15, 0.2) is 53.1 Å². The first-order valence-electron chi connectivity index (χ1n) is 10.3. The van der Waals surface area contributed by atoms with Gasteiger partial charge in [-0.3, -0.25) is 9.80 Å². The van der Waals surface area contributed by atoms with Gasteiger partial charge in [0.15, 0.2) is 0 Å². The third kappa shape index (κ3) is 4.98. The van der Waals surface area contributed by atoms with Gasteiger partial charge in [-0.1, -0.05) is 29.4 Å². The minimum atomic E-state index is -4.43. The first-order chi connectivity index (χ1) is 15.3. The van der Waals surface area contributed by atoms with Crippen molar-refractivity contribution in [3.63, 3.8) is 0 Å². The number of aromatic nitrogens is 2. The molecule has 0 N–H and O–H groups in total. The zero-order valence-electron chi connectivity index (χ0n) is 17.5. The number of piperazine rings is 1. The lowest BCUT2D eigenvalue weighted by Gasteiger charge is -2.36. The van der Waals surface area contributed by atoms with E-state index >= 15 is 0 Å². The molecule has 0 aliphatic carbocycles. The molecule has 1 aliphatic rings. The van der Waals surface area contributed by atoms with E-state index in [1.54, 1.807) is 6.07 Å². The molecule has 2 aromatic carbocycles. The van der Waals surface area contributed by atoms with E-state index in [1.165, 1.54) is 12.1 Å². The van der Waals surface area contributed by atoms with Crippen LogP contribution in [-0.2, 0) is 12.7 Å². The van der Waals surface area contributed by atoms with E-state index < -0.39 is 11.7 Å². The molecule has 0 spiro atoms. The predicted octanol–water partition coefficient (Wildman–Crippen LogP) is 4.51. The molecule has 1 fully saturated rings. The molecule has 166 valence electrons. The van der Waals surface area contributed by atoms with Gasteiger partial charge in [0, 0.05) is 38.3 Å².